The highest BCUT2D eigenvalue weighted by Gasteiger charge is 1.97. The van der Waals surface area contributed by atoms with Crippen molar-refractivity contribution in [1.29, 1.82) is 0 Å². The lowest BCUT2D eigenvalue weighted by molar-refractivity contribution is 0.321. The average molecular weight is 139 g/mol. The molecule has 0 fully saturated rings. The van der Waals surface area contributed by atoms with Gasteiger partial charge in [0.15, 0.2) is 11.6 Å². The zero-order valence-electron chi connectivity index (χ0n) is 5.73. The van der Waals surface area contributed by atoms with Crippen molar-refractivity contribution in [2.45, 2.75) is 6.92 Å². The van der Waals surface area contributed by atoms with E-state index in [2.05, 4.69) is 6.07 Å². The fourth-order valence-corrected chi connectivity index (χ4v) is 0.668. The largest absolute Gasteiger partial charge is 0.491 e. The molecule has 0 unspecified atom stereocenters. The Morgan fingerprint density at radius 1 is 1.70 bits per heavy atom. The van der Waals surface area contributed by atoms with E-state index in [9.17, 15) is 4.39 Å². The Morgan fingerprint density at radius 3 is 3.10 bits per heavy atom. The Bertz CT molecular complexity index is 210. The van der Waals surface area contributed by atoms with Crippen molar-refractivity contribution in [2.75, 3.05) is 6.61 Å². The van der Waals surface area contributed by atoms with E-state index in [0.717, 1.165) is 0 Å². The molecule has 0 N–H and O–H groups in total. The summed E-state index contributed by atoms with van der Waals surface area (Å²) in [5.41, 5.74) is 0. The zero-order valence-corrected chi connectivity index (χ0v) is 5.73. The van der Waals surface area contributed by atoms with Crippen molar-refractivity contribution in [1.82, 2.24) is 0 Å². The molecule has 0 aliphatic carbocycles. The van der Waals surface area contributed by atoms with E-state index in [1.807, 2.05) is 6.92 Å². The molecule has 0 aromatic heterocycles. The van der Waals surface area contributed by atoms with Crippen LogP contribution in [0.2, 0.25) is 0 Å². The highest BCUT2D eigenvalue weighted by Crippen LogP contribution is 2.14. The van der Waals surface area contributed by atoms with Crippen LogP contribution in [-0.4, -0.2) is 6.61 Å². The number of benzene rings is 1. The standard InChI is InChI=1S/C8H8FO/c1-2-10-8-6-4-3-5-7(8)9/h4-6H,2H2,1H3. The lowest BCUT2D eigenvalue weighted by Crippen LogP contribution is -1.93. The second-order valence-corrected chi connectivity index (χ2v) is 1.79. The normalized spacial score (nSPS) is 9.40. The third-order valence-corrected chi connectivity index (χ3v) is 1.08. The molecule has 0 saturated carbocycles. The summed E-state index contributed by atoms with van der Waals surface area (Å²) in [6.45, 7) is 2.30. The first-order valence-corrected chi connectivity index (χ1v) is 3.13. The molecule has 0 saturated heterocycles. The first-order valence-electron chi connectivity index (χ1n) is 3.13. The molecule has 0 atom stereocenters. The van der Waals surface area contributed by atoms with Crippen LogP contribution in [0.1, 0.15) is 6.92 Å². The van der Waals surface area contributed by atoms with Gasteiger partial charge in [-0.15, -0.1) is 0 Å². The maximum atomic E-state index is 12.6. The number of hydrogen-bond donors (Lipinski definition) is 0. The minimum Gasteiger partial charge on any atom is -0.491 e. The van der Waals surface area contributed by atoms with E-state index in [1.54, 1.807) is 12.1 Å². The van der Waals surface area contributed by atoms with Crippen LogP contribution in [0.15, 0.2) is 18.2 Å². The van der Waals surface area contributed by atoms with E-state index >= 15 is 0 Å². The third kappa shape index (κ3) is 1.47. The molecule has 0 amide bonds. The second kappa shape index (κ2) is 3.20. The Kier molecular flexibility index (Phi) is 2.26. The van der Waals surface area contributed by atoms with Crippen LogP contribution in [0, 0.1) is 11.9 Å². The Morgan fingerprint density at radius 2 is 2.50 bits per heavy atom. The first-order chi connectivity index (χ1) is 4.84. The minimum absolute atomic E-state index is 0.293. The highest BCUT2D eigenvalue weighted by atomic mass is 19.1. The molecule has 2 heteroatoms. The molecule has 0 bridgehead atoms. The van der Waals surface area contributed by atoms with E-state index < -0.39 is 0 Å². The van der Waals surface area contributed by atoms with Crippen LogP contribution in [0.25, 0.3) is 0 Å². The summed E-state index contributed by atoms with van der Waals surface area (Å²) in [5, 5.41) is 0. The van der Waals surface area contributed by atoms with Gasteiger partial charge in [0.1, 0.15) is 0 Å². The zero-order chi connectivity index (χ0) is 7.40. The lowest BCUT2D eigenvalue weighted by Gasteiger charge is -2.01. The molecule has 53 valence electrons. The van der Waals surface area contributed by atoms with Crippen molar-refractivity contribution in [2.24, 2.45) is 0 Å². The van der Waals surface area contributed by atoms with Gasteiger partial charge >= 0.3 is 0 Å². The number of rotatable bonds is 2. The van der Waals surface area contributed by atoms with Crippen LogP contribution in [0.5, 0.6) is 5.75 Å². The molecule has 0 spiro atoms. The van der Waals surface area contributed by atoms with Crippen molar-refractivity contribution < 1.29 is 9.13 Å². The fourth-order valence-electron chi connectivity index (χ4n) is 0.668. The Hall–Kier alpha value is -1.05. The fraction of sp³-hybridized carbons (Fsp3) is 0.250. The predicted molar refractivity (Wildman–Crippen MR) is 36.4 cm³/mol. The highest BCUT2D eigenvalue weighted by molar-refractivity contribution is 5.22. The summed E-state index contributed by atoms with van der Waals surface area (Å²) in [6, 6.07) is 7.03. The van der Waals surface area contributed by atoms with Gasteiger partial charge in [0.2, 0.25) is 0 Å². The third-order valence-electron chi connectivity index (χ3n) is 1.08. The maximum Gasteiger partial charge on any atom is 0.165 e. The average Bonchev–Trinajstić information content (AvgIpc) is 1.94. The van der Waals surface area contributed by atoms with E-state index in [-0.39, 0.29) is 5.82 Å². The lowest BCUT2D eigenvalue weighted by atomic mass is 10.3. The summed E-state index contributed by atoms with van der Waals surface area (Å²) in [5.74, 6) is -0.0643. The van der Waals surface area contributed by atoms with E-state index in [0.29, 0.717) is 12.4 Å². The molecular formula is C8H8FO. The van der Waals surface area contributed by atoms with Gasteiger partial charge in [-0.3, -0.25) is 0 Å². The van der Waals surface area contributed by atoms with E-state index in [1.165, 1.54) is 6.07 Å². The molecule has 1 aromatic carbocycles. The van der Waals surface area contributed by atoms with Crippen molar-refractivity contribution in [3.8, 4) is 5.75 Å². The number of ether oxygens (including phenoxy) is 1. The summed E-state index contributed by atoms with van der Waals surface area (Å²) < 4.78 is 17.6. The molecule has 0 heterocycles. The summed E-state index contributed by atoms with van der Waals surface area (Å²) in [6.07, 6.45) is 0. The SMILES string of the molecule is CCOc1cc[c]cc1F. The maximum absolute atomic E-state index is 12.6. The topological polar surface area (TPSA) is 9.23 Å². The van der Waals surface area contributed by atoms with E-state index in [4.69, 9.17) is 4.74 Å². The number of hydrogen-bond acceptors (Lipinski definition) is 1. The smallest absolute Gasteiger partial charge is 0.165 e. The summed E-state index contributed by atoms with van der Waals surface area (Å²) in [7, 11) is 0. The van der Waals surface area contributed by atoms with Crippen molar-refractivity contribution in [3.05, 3.63) is 30.1 Å². The van der Waals surface area contributed by atoms with Crippen LogP contribution < -0.4 is 4.74 Å². The van der Waals surface area contributed by atoms with Gasteiger partial charge in [0.05, 0.1) is 6.61 Å². The van der Waals surface area contributed by atoms with Crippen LogP contribution in [0.4, 0.5) is 4.39 Å². The second-order valence-electron chi connectivity index (χ2n) is 1.79. The van der Waals surface area contributed by atoms with Gasteiger partial charge in [0, 0.05) is 0 Å². The molecule has 1 rings (SSSR count). The van der Waals surface area contributed by atoms with Crippen LogP contribution in [-0.2, 0) is 0 Å². The molecular weight excluding hydrogens is 131 g/mol. The molecule has 1 nitrogen and oxygen atoms in total. The monoisotopic (exact) mass is 139 g/mol. The Labute approximate surface area is 59.4 Å². The van der Waals surface area contributed by atoms with Gasteiger partial charge in [-0.05, 0) is 25.1 Å². The summed E-state index contributed by atoms with van der Waals surface area (Å²) in [4.78, 5) is 0. The molecule has 1 radical (unpaired) electrons. The Balaban J connectivity index is 2.81. The summed E-state index contributed by atoms with van der Waals surface area (Å²) >= 11 is 0. The molecule has 10 heavy (non-hydrogen) atoms. The first kappa shape index (κ1) is 7.06. The minimum atomic E-state index is -0.357. The molecule has 0 aliphatic heterocycles. The van der Waals surface area contributed by atoms with Crippen LogP contribution >= 0.6 is 0 Å². The van der Waals surface area contributed by atoms with Gasteiger partial charge in [-0.1, -0.05) is 6.07 Å². The quantitative estimate of drug-likeness (QED) is 0.609. The van der Waals surface area contributed by atoms with Gasteiger partial charge in [-0.25, -0.2) is 4.39 Å². The molecule has 1 aromatic rings. The van der Waals surface area contributed by atoms with Crippen LogP contribution in [0.3, 0.4) is 0 Å². The number of halogens is 1. The van der Waals surface area contributed by atoms with Crippen molar-refractivity contribution in [3.63, 3.8) is 0 Å². The van der Waals surface area contributed by atoms with Gasteiger partial charge in [0.25, 0.3) is 0 Å². The molecule has 0 aliphatic rings. The van der Waals surface area contributed by atoms with Gasteiger partial charge in [-0.2, -0.15) is 0 Å². The predicted octanol–water partition coefficient (Wildman–Crippen LogP) is 2.02. The van der Waals surface area contributed by atoms with Gasteiger partial charge < -0.3 is 4.74 Å². The van der Waals surface area contributed by atoms with Crippen molar-refractivity contribution >= 4 is 0 Å².